The predicted molar refractivity (Wildman–Crippen MR) is 47.3 cm³/mol. The summed E-state index contributed by atoms with van der Waals surface area (Å²) in [7, 11) is 0. The van der Waals surface area contributed by atoms with Gasteiger partial charge in [-0.3, -0.25) is 9.59 Å². The molecule has 0 aromatic heterocycles. The van der Waals surface area contributed by atoms with Crippen LogP contribution in [0, 0.1) is 5.92 Å². The van der Waals surface area contributed by atoms with Crippen LogP contribution >= 0.6 is 0 Å². The summed E-state index contributed by atoms with van der Waals surface area (Å²) in [4.78, 5) is 21.0. The fraction of sp³-hybridized carbons (Fsp3) is 0.778. The number of hydrogen-bond acceptors (Lipinski definition) is 3. The molecule has 1 N–H and O–H groups in total. The minimum Gasteiger partial charge on any atom is -0.481 e. The number of carbonyl (C=O) groups excluding carboxylic acids is 1. The van der Waals surface area contributed by atoms with E-state index in [1.165, 1.54) is 0 Å². The molecule has 0 saturated heterocycles. The number of carboxylic acids is 1. The molecule has 76 valence electrons. The van der Waals surface area contributed by atoms with Gasteiger partial charge >= 0.3 is 11.9 Å². The summed E-state index contributed by atoms with van der Waals surface area (Å²) in [6.45, 7) is 3.93. The summed E-state index contributed by atoms with van der Waals surface area (Å²) in [5.74, 6) is -0.954. The van der Waals surface area contributed by atoms with Gasteiger partial charge in [0, 0.05) is 6.42 Å². The standard InChI is InChI=1S/C9H16O4/c1-3-7(2)6-9(12)13-5-4-8(10)11/h7H,3-6H2,1-2H3,(H,10,11)/t7-/m0/s1. The lowest BCUT2D eigenvalue weighted by Gasteiger charge is -2.07. The quantitative estimate of drug-likeness (QED) is 0.640. The van der Waals surface area contributed by atoms with Gasteiger partial charge < -0.3 is 9.84 Å². The molecular weight excluding hydrogens is 172 g/mol. The van der Waals surface area contributed by atoms with Crippen LogP contribution in [0.2, 0.25) is 0 Å². The van der Waals surface area contributed by atoms with Gasteiger partial charge in [-0.1, -0.05) is 20.3 Å². The Kier molecular flexibility index (Phi) is 5.93. The van der Waals surface area contributed by atoms with E-state index < -0.39 is 5.97 Å². The second-order valence-electron chi connectivity index (χ2n) is 3.08. The molecule has 1 atom stereocenters. The average molecular weight is 188 g/mol. The number of hydrogen-bond donors (Lipinski definition) is 1. The molecule has 0 aromatic rings. The Hall–Kier alpha value is -1.06. The molecule has 0 saturated carbocycles. The zero-order chi connectivity index (χ0) is 10.3. The van der Waals surface area contributed by atoms with Gasteiger partial charge in [0.1, 0.15) is 6.61 Å². The van der Waals surface area contributed by atoms with Crippen molar-refractivity contribution in [2.45, 2.75) is 33.1 Å². The minimum absolute atomic E-state index is 0.0232. The second-order valence-corrected chi connectivity index (χ2v) is 3.08. The van der Waals surface area contributed by atoms with Crippen LogP contribution < -0.4 is 0 Å². The molecule has 0 aliphatic heterocycles. The van der Waals surface area contributed by atoms with Crippen molar-refractivity contribution >= 4 is 11.9 Å². The van der Waals surface area contributed by atoms with E-state index in [0.717, 1.165) is 6.42 Å². The van der Waals surface area contributed by atoms with Gasteiger partial charge in [0.2, 0.25) is 0 Å². The Labute approximate surface area is 77.9 Å². The van der Waals surface area contributed by atoms with E-state index >= 15 is 0 Å². The molecular formula is C9H16O4. The first kappa shape index (κ1) is 11.9. The molecule has 0 bridgehead atoms. The number of rotatable bonds is 6. The van der Waals surface area contributed by atoms with Crippen LogP contribution in [0.5, 0.6) is 0 Å². The highest BCUT2D eigenvalue weighted by Gasteiger charge is 2.08. The summed E-state index contributed by atoms with van der Waals surface area (Å²) >= 11 is 0. The third-order valence-corrected chi connectivity index (χ3v) is 1.79. The molecule has 0 aliphatic rings. The number of esters is 1. The normalized spacial score (nSPS) is 12.2. The topological polar surface area (TPSA) is 63.6 Å². The van der Waals surface area contributed by atoms with Gasteiger partial charge in [0.15, 0.2) is 0 Å². The van der Waals surface area contributed by atoms with Crippen molar-refractivity contribution in [2.75, 3.05) is 6.61 Å². The first-order valence-electron chi connectivity index (χ1n) is 4.43. The van der Waals surface area contributed by atoms with Gasteiger partial charge in [0.05, 0.1) is 6.42 Å². The highest BCUT2D eigenvalue weighted by Crippen LogP contribution is 2.07. The van der Waals surface area contributed by atoms with Crippen LogP contribution in [0.4, 0.5) is 0 Å². The lowest BCUT2D eigenvalue weighted by molar-refractivity contribution is -0.147. The molecule has 0 heterocycles. The van der Waals surface area contributed by atoms with Crippen molar-refractivity contribution in [3.05, 3.63) is 0 Å². The maximum Gasteiger partial charge on any atom is 0.306 e. The van der Waals surface area contributed by atoms with Crippen LogP contribution in [0.25, 0.3) is 0 Å². The molecule has 0 amide bonds. The SMILES string of the molecule is CC[C@H](C)CC(=O)OCCC(=O)O. The molecule has 0 aliphatic carbocycles. The molecule has 0 rings (SSSR count). The van der Waals surface area contributed by atoms with E-state index in [1.807, 2.05) is 13.8 Å². The first-order chi connectivity index (χ1) is 6.06. The molecule has 0 fully saturated rings. The summed E-state index contributed by atoms with van der Waals surface area (Å²) in [6, 6.07) is 0. The molecule has 0 radical (unpaired) electrons. The summed E-state index contributed by atoms with van der Waals surface area (Å²) < 4.78 is 4.71. The Morgan fingerprint density at radius 2 is 2.08 bits per heavy atom. The first-order valence-corrected chi connectivity index (χ1v) is 4.43. The van der Waals surface area contributed by atoms with Crippen LogP contribution in [-0.4, -0.2) is 23.7 Å². The fourth-order valence-electron chi connectivity index (χ4n) is 0.740. The van der Waals surface area contributed by atoms with Gasteiger partial charge in [0.25, 0.3) is 0 Å². The zero-order valence-electron chi connectivity index (χ0n) is 8.08. The maximum atomic E-state index is 11.0. The largest absolute Gasteiger partial charge is 0.481 e. The smallest absolute Gasteiger partial charge is 0.306 e. The van der Waals surface area contributed by atoms with E-state index in [2.05, 4.69) is 0 Å². The lowest BCUT2D eigenvalue weighted by Crippen LogP contribution is -2.12. The van der Waals surface area contributed by atoms with E-state index in [0.29, 0.717) is 12.3 Å². The summed E-state index contributed by atoms with van der Waals surface area (Å²) in [5.41, 5.74) is 0. The average Bonchev–Trinajstić information content (AvgIpc) is 2.03. The van der Waals surface area contributed by atoms with E-state index in [-0.39, 0.29) is 19.0 Å². The molecule has 13 heavy (non-hydrogen) atoms. The van der Waals surface area contributed by atoms with Crippen molar-refractivity contribution in [2.24, 2.45) is 5.92 Å². The van der Waals surface area contributed by atoms with Crippen LogP contribution in [-0.2, 0) is 14.3 Å². The molecule has 0 unspecified atom stereocenters. The third kappa shape index (κ3) is 7.31. The Balaban J connectivity index is 3.46. The van der Waals surface area contributed by atoms with Crippen molar-refractivity contribution in [3.63, 3.8) is 0 Å². The van der Waals surface area contributed by atoms with Crippen LogP contribution in [0.3, 0.4) is 0 Å². The third-order valence-electron chi connectivity index (χ3n) is 1.79. The van der Waals surface area contributed by atoms with E-state index in [4.69, 9.17) is 9.84 Å². The zero-order valence-corrected chi connectivity index (χ0v) is 8.08. The Morgan fingerprint density at radius 3 is 2.54 bits per heavy atom. The molecule has 4 heteroatoms. The monoisotopic (exact) mass is 188 g/mol. The van der Waals surface area contributed by atoms with Crippen LogP contribution in [0.15, 0.2) is 0 Å². The predicted octanol–water partition coefficient (Wildman–Crippen LogP) is 1.44. The molecule has 0 aromatic carbocycles. The van der Waals surface area contributed by atoms with Gasteiger partial charge in [-0.15, -0.1) is 0 Å². The second kappa shape index (κ2) is 6.46. The number of aliphatic carboxylic acids is 1. The Morgan fingerprint density at radius 1 is 1.46 bits per heavy atom. The van der Waals surface area contributed by atoms with Crippen molar-refractivity contribution in [3.8, 4) is 0 Å². The van der Waals surface area contributed by atoms with Gasteiger partial charge in [-0.05, 0) is 5.92 Å². The Bertz CT molecular complexity index is 176. The summed E-state index contributed by atoms with van der Waals surface area (Å²) in [6.07, 6.45) is 1.18. The molecule has 4 nitrogen and oxygen atoms in total. The van der Waals surface area contributed by atoms with Gasteiger partial charge in [-0.2, -0.15) is 0 Å². The minimum atomic E-state index is -0.948. The van der Waals surface area contributed by atoms with Gasteiger partial charge in [-0.25, -0.2) is 0 Å². The highest BCUT2D eigenvalue weighted by molar-refractivity contribution is 5.71. The van der Waals surface area contributed by atoms with Crippen molar-refractivity contribution in [1.82, 2.24) is 0 Å². The summed E-state index contributed by atoms with van der Waals surface area (Å²) in [5, 5.41) is 8.26. The van der Waals surface area contributed by atoms with E-state index in [1.54, 1.807) is 0 Å². The number of carbonyl (C=O) groups is 2. The highest BCUT2D eigenvalue weighted by atomic mass is 16.5. The number of carboxylic acid groups (broad SMARTS) is 1. The molecule has 0 spiro atoms. The van der Waals surface area contributed by atoms with Crippen molar-refractivity contribution in [1.29, 1.82) is 0 Å². The lowest BCUT2D eigenvalue weighted by atomic mass is 10.1. The number of ether oxygens (including phenoxy) is 1. The van der Waals surface area contributed by atoms with Crippen LogP contribution in [0.1, 0.15) is 33.1 Å². The van der Waals surface area contributed by atoms with E-state index in [9.17, 15) is 9.59 Å². The fourth-order valence-corrected chi connectivity index (χ4v) is 0.740. The van der Waals surface area contributed by atoms with Crippen molar-refractivity contribution < 1.29 is 19.4 Å². The maximum absolute atomic E-state index is 11.0.